The van der Waals surface area contributed by atoms with Gasteiger partial charge in [0.05, 0.1) is 11.4 Å². The Bertz CT molecular complexity index is 907. The van der Waals surface area contributed by atoms with Gasteiger partial charge in [-0.25, -0.2) is 9.97 Å². The van der Waals surface area contributed by atoms with Crippen LogP contribution in [0.2, 0.25) is 0 Å². The largest absolute Gasteiger partial charge is 0.457 e. The van der Waals surface area contributed by atoms with E-state index in [1.54, 1.807) is 0 Å². The molecule has 1 aromatic heterocycles. The minimum atomic E-state index is 0.288. The molecule has 1 aliphatic rings. The standard InChI is InChI=1S/C22H23N3O/c1-15(2)22-24-19-12-13-23-14-18(19)21(25-22)17-10-6-7-11-20(17)26-16-8-4-3-5-9-16/h3-11,15,23H,12-14H2,1-2H3. The summed E-state index contributed by atoms with van der Waals surface area (Å²) < 4.78 is 6.17. The van der Waals surface area contributed by atoms with Gasteiger partial charge in [-0.15, -0.1) is 0 Å². The number of fused-ring (bicyclic) bond motifs is 1. The van der Waals surface area contributed by atoms with Crippen LogP contribution in [0.1, 0.15) is 36.8 Å². The molecule has 3 aromatic rings. The molecule has 0 spiro atoms. The maximum Gasteiger partial charge on any atom is 0.136 e. The fourth-order valence-electron chi connectivity index (χ4n) is 3.21. The highest BCUT2D eigenvalue weighted by atomic mass is 16.5. The third kappa shape index (κ3) is 3.33. The molecule has 4 rings (SSSR count). The normalized spacial score (nSPS) is 13.5. The van der Waals surface area contributed by atoms with Crippen LogP contribution >= 0.6 is 0 Å². The van der Waals surface area contributed by atoms with Gasteiger partial charge in [0.25, 0.3) is 0 Å². The number of nitrogens with one attached hydrogen (secondary N) is 1. The summed E-state index contributed by atoms with van der Waals surface area (Å²) in [7, 11) is 0. The molecule has 2 aromatic carbocycles. The summed E-state index contributed by atoms with van der Waals surface area (Å²) in [5.41, 5.74) is 4.34. The van der Waals surface area contributed by atoms with Crippen LogP contribution in [0.4, 0.5) is 0 Å². The summed E-state index contributed by atoms with van der Waals surface area (Å²) in [5, 5.41) is 3.45. The average molecular weight is 345 g/mol. The first kappa shape index (κ1) is 16.7. The van der Waals surface area contributed by atoms with E-state index in [1.165, 1.54) is 5.56 Å². The zero-order valence-corrected chi connectivity index (χ0v) is 15.2. The minimum Gasteiger partial charge on any atom is -0.457 e. The quantitative estimate of drug-likeness (QED) is 0.744. The van der Waals surface area contributed by atoms with Gasteiger partial charge < -0.3 is 10.1 Å². The highest BCUT2D eigenvalue weighted by Gasteiger charge is 2.21. The van der Waals surface area contributed by atoms with Crippen molar-refractivity contribution in [2.75, 3.05) is 6.54 Å². The van der Waals surface area contributed by atoms with E-state index in [0.717, 1.165) is 53.8 Å². The summed E-state index contributed by atoms with van der Waals surface area (Å²) in [5.74, 6) is 2.83. The average Bonchev–Trinajstić information content (AvgIpc) is 2.68. The lowest BCUT2D eigenvalue weighted by atomic mass is 9.98. The molecule has 26 heavy (non-hydrogen) atoms. The molecule has 0 aliphatic carbocycles. The first-order valence-corrected chi connectivity index (χ1v) is 9.15. The third-order valence-corrected chi connectivity index (χ3v) is 4.58. The predicted molar refractivity (Wildman–Crippen MR) is 103 cm³/mol. The van der Waals surface area contributed by atoms with E-state index in [0.29, 0.717) is 0 Å². The number of ether oxygens (including phenoxy) is 1. The molecule has 2 heterocycles. The molecule has 0 radical (unpaired) electrons. The number of para-hydroxylation sites is 2. The Hall–Kier alpha value is -2.72. The monoisotopic (exact) mass is 345 g/mol. The van der Waals surface area contributed by atoms with Gasteiger partial charge in [0.1, 0.15) is 17.3 Å². The minimum absolute atomic E-state index is 0.288. The van der Waals surface area contributed by atoms with E-state index in [2.05, 4.69) is 25.2 Å². The molecule has 0 bridgehead atoms. The van der Waals surface area contributed by atoms with Crippen molar-refractivity contribution in [2.45, 2.75) is 32.7 Å². The van der Waals surface area contributed by atoms with Crippen LogP contribution in [-0.2, 0) is 13.0 Å². The zero-order chi connectivity index (χ0) is 17.9. The molecule has 0 saturated heterocycles. The van der Waals surface area contributed by atoms with E-state index in [1.807, 2.05) is 48.5 Å². The Labute approximate surface area is 154 Å². The van der Waals surface area contributed by atoms with Gasteiger partial charge in [0, 0.05) is 36.6 Å². The summed E-state index contributed by atoms with van der Waals surface area (Å²) >= 11 is 0. The van der Waals surface area contributed by atoms with Crippen LogP contribution in [0.15, 0.2) is 54.6 Å². The van der Waals surface area contributed by atoms with E-state index in [4.69, 9.17) is 14.7 Å². The third-order valence-electron chi connectivity index (χ3n) is 4.58. The second kappa shape index (κ2) is 7.26. The van der Waals surface area contributed by atoms with Crippen molar-refractivity contribution in [2.24, 2.45) is 0 Å². The van der Waals surface area contributed by atoms with Crippen molar-refractivity contribution in [3.8, 4) is 22.8 Å². The summed E-state index contributed by atoms with van der Waals surface area (Å²) in [6.45, 7) is 6.03. The van der Waals surface area contributed by atoms with Gasteiger partial charge in [-0.1, -0.05) is 44.2 Å². The molecule has 0 unspecified atom stereocenters. The second-order valence-electron chi connectivity index (χ2n) is 6.85. The van der Waals surface area contributed by atoms with Crippen molar-refractivity contribution in [3.63, 3.8) is 0 Å². The fraction of sp³-hybridized carbons (Fsp3) is 0.273. The van der Waals surface area contributed by atoms with Crippen LogP contribution < -0.4 is 10.1 Å². The Morgan fingerprint density at radius 3 is 2.54 bits per heavy atom. The molecule has 1 N–H and O–H groups in total. The second-order valence-corrected chi connectivity index (χ2v) is 6.85. The molecule has 132 valence electrons. The smallest absolute Gasteiger partial charge is 0.136 e. The highest BCUT2D eigenvalue weighted by molar-refractivity contribution is 5.71. The van der Waals surface area contributed by atoms with Crippen LogP contribution in [0, 0.1) is 0 Å². The van der Waals surface area contributed by atoms with Gasteiger partial charge in [0.2, 0.25) is 0 Å². The van der Waals surface area contributed by atoms with E-state index < -0.39 is 0 Å². The molecule has 0 saturated carbocycles. The lowest BCUT2D eigenvalue weighted by Gasteiger charge is -2.22. The van der Waals surface area contributed by atoms with Gasteiger partial charge in [0.15, 0.2) is 0 Å². The van der Waals surface area contributed by atoms with Gasteiger partial charge in [-0.05, 0) is 24.3 Å². The lowest BCUT2D eigenvalue weighted by Crippen LogP contribution is -2.26. The van der Waals surface area contributed by atoms with Crippen molar-refractivity contribution in [3.05, 3.63) is 71.7 Å². The molecule has 4 nitrogen and oxygen atoms in total. The first-order chi connectivity index (χ1) is 12.7. The first-order valence-electron chi connectivity index (χ1n) is 9.15. The molecule has 1 aliphatic heterocycles. The molecule has 0 amide bonds. The Balaban J connectivity index is 1.84. The molecular weight excluding hydrogens is 322 g/mol. The van der Waals surface area contributed by atoms with Gasteiger partial charge in [-0.3, -0.25) is 0 Å². The Morgan fingerprint density at radius 1 is 0.962 bits per heavy atom. The Morgan fingerprint density at radius 2 is 1.73 bits per heavy atom. The summed E-state index contributed by atoms with van der Waals surface area (Å²) in [6.07, 6.45) is 0.937. The van der Waals surface area contributed by atoms with Crippen LogP contribution in [0.3, 0.4) is 0 Å². The van der Waals surface area contributed by atoms with Crippen LogP contribution in [-0.4, -0.2) is 16.5 Å². The van der Waals surface area contributed by atoms with Crippen LogP contribution in [0.5, 0.6) is 11.5 Å². The molecule has 0 fully saturated rings. The van der Waals surface area contributed by atoms with Gasteiger partial charge >= 0.3 is 0 Å². The number of nitrogens with zero attached hydrogens (tertiary/aromatic N) is 2. The maximum atomic E-state index is 6.17. The Kier molecular flexibility index (Phi) is 4.67. The molecule has 4 heteroatoms. The van der Waals surface area contributed by atoms with E-state index >= 15 is 0 Å². The maximum absolute atomic E-state index is 6.17. The molecular formula is C22H23N3O. The number of hydrogen-bond donors (Lipinski definition) is 1. The topological polar surface area (TPSA) is 47.0 Å². The lowest BCUT2D eigenvalue weighted by molar-refractivity contribution is 0.484. The van der Waals surface area contributed by atoms with Crippen molar-refractivity contribution < 1.29 is 4.74 Å². The number of rotatable bonds is 4. The zero-order valence-electron chi connectivity index (χ0n) is 15.2. The van der Waals surface area contributed by atoms with Crippen molar-refractivity contribution in [1.29, 1.82) is 0 Å². The fourth-order valence-corrected chi connectivity index (χ4v) is 3.21. The SMILES string of the molecule is CC(C)c1nc2c(c(-c3ccccc3Oc3ccccc3)n1)CNCC2. The number of hydrogen-bond acceptors (Lipinski definition) is 4. The van der Waals surface area contributed by atoms with Crippen molar-refractivity contribution in [1.82, 2.24) is 15.3 Å². The number of benzene rings is 2. The number of aromatic nitrogens is 2. The van der Waals surface area contributed by atoms with Crippen LogP contribution in [0.25, 0.3) is 11.3 Å². The highest BCUT2D eigenvalue weighted by Crippen LogP contribution is 2.36. The van der Waals surface area contributed by atoms with E-state index in [-0.39, 0.29) is 5.92 Å². The summed E-state index contributed by atoms with van der Waals surface area (Å²) in [6, 6.07) is 18.0. The summed E-state index contributed by atoms with van der Waals surface area (Å²) in [4.78, 5) is 9.75. The van der Waals surface area contributed by atoms with Crippen molar-refractivity contribution >= 4 is 0 Å². The van der Waals surface area contributed by atoms with E-state index in [9.17, 15) is 0 Å². The van der Waals surface area contributed by atoms with Gasteiger partial charge in [-0.2, -0.15) is 0 Å². The molecule has 0 atom stereocenters. The predicted octanol–water partition coefficient (Wildman–Crippen LogP) is 4.71.